The number of nitrogens with zero attached hydrogens (tertiary/aromatic N) is 5. The summed E-state index contributed by atoms with van der Waals surface area (Å²) >= 11 is 0. The maximum Gasteiger partial charge on any atom is 0.407 e. The molecule has 11 heteroatoms. The standard InChI is InChI=1S/C27H31N7O4/c1-27(2,3)38-26(37)30-13-17-6-9-33(10-7-17)23-12-21-18(5-4-8-28-21)11-22(23)32-25(36)20-15-31-34-16-19(35)14-29-24(20)34/h4-5,8,11-12,14-17,35H,6-7,9-10,13H2,1-3H3,(H,30,37)(H,32,36). The van der Waals surface area contributed by atoms with Crippen LogP contribution in [0.2, 0.25) is 0 Å². The first kappa shape index (κ1) is 25.2. The predicted molar refractivity (Wildman–Crippen MR) is 144 cm³/mol. The molecule has 0 saturated carbocycles. The number of anilines is 2. The Bertz CT molecular complexity index is 1490. The lowest BCUT2D eigenvalue weighted by molar-refractivity contribution is 0.0516. The van der Waals surface area contributed by atoms with E-state index >= 15 is 0 Å². The zero-order chi connectivity index (χ0) is 26.9. The van der Waals surface area contributed by atoms with Crippen molar-refractivity contribution >= 4 is 39.9 Å². The Balaban J connectivity index is 1.33. The molecule has 1 fully saturated rings. The first-order valence-electron chi connectivity index (χ1n) is 12.6. The highest BCUT2D eigenvalue weighted by atomic mass is 16.6. The Morgan fingerprint density at radius 2 is 1.95 bits per heavy atom. The number of pyridine rings is 1. The molecule has 2 amide bonds. The fraction of sp³-hybridized carbons (Fsp3) is 0.370. The number of alkyl carbamates (subject to hydrolysis) is 1. The van der Waals surface area contributed by atoms with Gasteiger partial charge in [-0.2, -0.15) is 5.10 Å². The molecule has 3 N–H and O–H groups in total. The first-order chi connectivity index (χ1) is 18.2. The Hall–Kier alpha value is -4.41. The fourth-order valence-electron chi connectivity index (χ4n) is 4.61. The summed E-state index contributed by atoms with van der Waals surface area (Å²) in [7, 11) is 0. The molecule has 38 heavy (non-hydrogen) atoms. The summed E-state index contributed by atoms with van der Waals surface area (Å²) in [5.41, 5.74) is 2.50. The van der Waals surface area contributed by atoms with Crippen LogP contribution in [0.15, 0.2) is 49.1 Å². The van der Waals surface area contributed by atoms with Gasteiger partial charge in [0.05, 0.1) is 35.5 Å². The normalized spacial score (nSPS) is 14.6. The molecule has 0 bridgehead atoms. The van der Waals surface area contributed by atoms with E-state index in [0.717, 1.165) is 42.5 Å². The maximum absolute atomic E-state index is 13.3. The van der Waals surface area contributed by atoms with E-state index < -0.39 is 11.7 Å². The highest BCUT2D eigenvalue weighted by Gasteiger charge is 2.25. The van der Waals surface area contributed by atoms with Gasteiger partial charge in [0.15, 0.2) is 11.4 Å². The molecule has 198 valence electrons. The molecule has 11 nitrogen and oxygen atoms in total. The SMILES string of the molecule is CC(C)(C)OC(=O)NCC1CCN(c2cc3ncccc3cc2NC(=O)c2cnn3cc(O)cnc23)CC1. The van der Waals surface area contributed by atoms with Crippen LogP contribution in [0.5, 0.6) is 5.75 Å². The quantitative estimate of drug-likeness (QED) is 0.362. The van der Waals surface area contributed by atoms with E-state index in [9.17, 15) is 14.7 Å². The van der Waals surface area contributed by atoms with E-state index in [-0.39, 0.29) is 11.7 Å². The molecule has 4 aromatic rings. The molecular formula is C27H31N7O4. The molecule has 0 atom stereocenters. The second-order valence-electron chi connectivity index (χ2n) is 10.5. The van der Waals surface area contributed by atoms with Crippen LogP contribution in [0.3, 0.4) is 0 Å². The first-order valence-corrected chi connectivity index (χ1v) is 12.6. The predicted octanol–water partition coefficient (Wildman–Crippen LogP) is 3.98. The van der Waals surface area contributed by atoms with E-state index in [1.54, 1.807) is 6.20 Å². The van der Waals surface area contributed by atoms with E-state index in [4.69, 9.17) is 4.74 Å². The van der Waals surface area contributed by atoms with Crippen LogP contribution in [-0.2, 0) is 4.74 Å². The minimum atomic E-state index is -0.528. The van der Waals surface area contributed by atoms with Crippen molar-refractivity contribution < 1.29 is 19.4 Å². The van der Waals surface area contributed by atoms with E-state index in [2.05, 4.69) is 30.6 Å². The number of rotatable bonds is 5. The van der Waals surface area contributed by atoms with Crippen molar-refractivity contribution in [2.24, 2.45) is 5.92 Å². The molecule has 1 aliphatic heterocycles. The lowest BCUT2D eigenvalue weighted by Gasteiger charge is -2.35. The van der Waals surface area contributed by atoms with Gasteiger partial charge in [0, 0.05) is 31.2 Å². The second kappa shape index (κ2) is 10.2. The van der Waals surface area contributed by atoms with Crippen LogP contribution in [-0.4, -0.2) is 61.9 Å². The molecule has 0 unspecified atom stereocenters. The molecule has 0 aliphatic carbocycles. The van der Waals surface area contributed by atoms with Crippen LogP contribution in [0.4, 0.5) is 16.2 Å². The third kappa shape index (κ3) is 5.61. The van der Waals surface area contributed by atoms with Crippen molar-refractivity contribution in [3.05, 3.63) is 54.6 Å². The van der Waals surface area contributed by atoms with Crippen LogP contribution in [0.25, 0.3) is 16.6 Å². The van der Waals surface area contributed by atoms with Gasteiger partial charge in [-0.05, 0) is 57.7 Å². The van der Waals surface area contributed by atoms with Gasteiger partial charge in [0.25, 0.3) is 5.91 Å². The lowest BCUT2D eigenvalue weighted by atomic mass is 9.96. The molecule has 1 aromatic carbocycles. The number of ether oxygens (including phenoxy) is 1. The highest BCUT2D eigenvalue weighted by Crippen LogP contribution is 2.34. The summed E-state index contributed by atoms with van der Waals surface area (Å²) in [6, 6.07) is 7.74. The van der Waals surface area contributed by atoms with Crippen molar-refractivity contribution in [2.45, 2.75) is 39.2 Å². The van der Waals surface area contributed by atoms with Gasteiger partial charge in [-0.3, -0.25) is 9.78 Å². The van der Waals surface area contributed by atoms with Crippen molar-refractivity contribution in [3.8, 4) is 5.75 Å². The zero-order valence-electron chi connectivity index (χ0n) is 21.6. The molecule has 4 heterocycles. The molecule has 5 rings (SSSR count). The number of carbonyl (C=O) groups excluding carboxylic acids is 2. The summed E-state index contributed by atoms with van der Waals surface area (Å²) in [5, 5.41) is 20.6. The smallest absolute Gasteiger partial charge is 0.407 e. The maximum atomic E-state index is 13.3. The zero-order valence-corrected chi connectivity index (χ0v) is 21.6. The van der Waals surface area contributed by atoms with Crippen molar-refractivity contribution in [2.75, 3.05) is 29.9 Å². The Labute approximate surface area is 219 Å². The third-order valence-electron chi connectivity index (χ3n) is 6.45. The largest absolute Gasteiger partial charge is 0.505 e. The number of fused-ring (bicyclic) bond motifs is 2. The summed E-state index contributed by atoms with van der Waals surface area (Å²) in [5.74, 6) is -0.0580. The van der Waals surface area contributed by atoms with E-state index in [1.165, 1.54) is 23.1 Å². The van der Waals surface area contributed by atoms with Gasteiger partial charge < -0.3 is 25.4 Å². The molecule has 3 aromatic heterocycles. The number of nitrogens with one attached hydrogen (secondary N) is 2. The molecule has 0 radical (unpaired) electrons. The number of benzene rings is 1. The Morgan fingerprint density at radius 3 is 2.71 bits per heavy atom. The monoisotopic (exact) mass is 517 g/mol. The number of hydrogen-bond donors (Lipinski definition) is 3. The van der Waals surface area contributed by atoms with Gasteiger partial charge in [-0.15, -0.1) is 0 Å². The minimum Gasteiger partial charge on any atom is -0.505 e. The summed E-state index contributed by atoms with van der Waals surface area (Å²) < 4.78 is 6.71. The van der Waals surface area contributed by atoms with Crippen LogP contribution < -0.4 is 15.5 Å². The average molecular weight is 518 g/mol. The topological polar surface area (TPSA) is 134 Å². The molecule has 1 saturated heterocycles. The molecule has 1 aliphatic rings. The summed E-state index contributed by atoms with van der Waals surface area (Å²) in [4.78, 5) is 36.2. The highest BCUT2D eigenvalue weighted by molar-refractivity contribution is 6.10. The third-order valence-corrected chi connectivity index (χ3v) is 6.45. The van der Waals surface area contributed by atoms with Crippen molar-refractivity contribution in [1.82, 2.24) is 24.9 Å². The average Bonchev–Trinajstić information content (AvgIpc) is 3.29. The number of piperidine rings is 1. The van der Waals surface area contributed by atoms with Crippen LogP contribution in [0, 0.1) is 5.92 Å². The minimum absolute atomic E-state index is 0.0402. The number of aromatic hydroxyl groups is 1. The van der Waals surface area contributed by atoms with Crippen LogP contribution >= 0.6 is 0 Å². The number of carbonyl (C=O) groups is 2. The Kier molecular flexibility index (Phi) is 6.75. The number of amides is 2. The van der Waals surface area contributed by atoms with Gasteiger partial charge in [0.1, 0.15) is 11.2 Å². The molecular weight excluding hydrogens is 486 g/mol. The van der Waals surface area contributed by atoms with Crippen molar-refractivity contribution in [3.63, 3.8) is 0 Å². The summed E-state index contributed by atoms with van der Waals surface area (Å²) in [6.45, 7) is 7.62. The second-order valence-corrected chi connectivity index (χ2v) is 10.5. The van der Waals surface area contributed by atoms with Crippen LogP contribution in [0.1, 0.15) is 44.0 Å². The summed E-state index contributed by atoms with van der Waals surface area (Å²) in [6.07, 6.45) is 7.22. The van der Waals surface area contributed by atoms with E-state index in [1.807, 2.05) is 45.0 Å². The van der Waals surface area contributed by atoms with Gasteiger partial charge in [0.2, 0.25) is 0 Å². The van der Waals surface area contributed by atoms with Gasteiger partial charge in [-0.25, -0.2) is 14.3 Å². The fourth-order valence-corrected chi connectivity index (χ4v) is 4.61. The number of aromatic nitrogens is 4. The molecule has 0 spiro atoms. The van der Waals surface area contributed by atoms with E-state index in [0.29, 0.717) is 29.4 Å². The van der Waals surface area contributed by atoms with Gasteiger partial charge in [-0.1, -0.05) is 6.07 Å². The Morgan fingerprint density at radius 1 is 1.16 bits per heavy atom. The van der Waals surface area contributed by atoms with Gasteiger partial charge >= 0.3 is 6.09 Å². The number of hydrogen-bond acceptors (Lipinski definition) is 8. The lowest BCUT2D eigenvalue weighted by Crippen LogP contribution is -2.40. The van der Waals surface area contributed by atoms with Crippen molar-refractivity contribution in [1.29, 1.82) is 0 Å².